The highest BCUT2D eigenvalue weighted by atomic mass is 16.5. The van der Waals surface area contributed by atoms with Gasteiger partial charge in [0.25, 0.3) is 0 Å². The molecule has 0 aliphatic carbocycles. The van der Waals surface area contributed by atoms with Gasteiger partial charge in [-0.3, -0.25) is 4.90 Å². The molecule has 0 N–H and O–H groups in total. The zero-order valence-corrected chi connectivity index (χ0v) is 9.90. The second-order valence-electron chi connectivity index (χ2n) is 4.33. The van der Waals surface area contributed by atoms with Crippen LogP contribution in [-0.4, -0.2) is 37.1 Å². The number of hydrogen-bond donors (Lipinski definition) is 0. The molecule has 1 aliphatic heterocycles. The summed E-state index contributed by atoms with van der Waals surface area (Å²) in [6, 6.07) is 0. The van der Waals surface area contributed by atoms with Gasteiger partial charge in [-0.15, -0.1) is 0 Å². The normalized spacial score (nSPS) is 27.4. The van der Waals surface area contributed by atoms with Gasteiger partial charge in [0.15, 0.2) is 0 Å². The molecule has 1 rings (SSSR count). The fourth-order valence-corrected chi connectivity index (χ4v) is 1.89. The Morgan fingerprint density at radius 1 is 1.40 bits per heavy atom. The van der Waals surface area contributed by atoms with Gasteiger partial charge in [-0.05, 0) is 18.8 Å². The van der Waals surface area contributed by atoms with Gasteiger partial charge in [0, 0.05) is 25.7 Å². The summed E-state index contributed by atoms with van der Waals surface area (Å²) in [6.45, 7) is 9.94. The molecule has 2 unspecified atom stereocenters. The van der Waals surface area contributed by atoms with E-state index in [4.69, 9.17) is 4.74 Å². The number of carbonyl (C=O) groups excluding carboxylic acids is 1. The molecule has 3 nitrogen and oxygen atoms in total. The molecule has 86 valence electrons. The van der Waals surface area contributed by atoms with E-state index in [9.17, 15) is 4.79 Å². The Bertz CT molecular complexity index is 228. The van der Waals surface area contributed by atoms with Gasteiger partial charge < -0.3 is 4.74 Å². The van der Waals surface area contributed by atoms with Crippen LogP contribution in [0.1, 0.15) is 20.8 Å². The zero-order chi connectivity index (χ0) is 11.3. The largest absolute Gasteiger partial charge is 0.463 e. The highest BCUT2D eigenvalue weighted by Gasteiger charge is 2.24. The van der Waals surface area contributed by atoms with Gasteiger partial charge in [-0.25, -0.2) is 4.79 Å². The molecule has 1 aliphatic rings. The first-order chi connectivity index (χ1) is 7.13. The van der Waals surface area contributed by atoms with E-state index in [0.29, 0.717) is 6.61 Å². The van der Waals surface area contributed by atoms with Crippen molar-refractivity contribution in [2.24, 2.45) is 11.8 Å². The van der Waals surface area contributed by atoms with Crippen molar-refractivity contribution in [3.05, 3.63) is 12.2 Å². The summed E-state index contributed by atoms with van der Waals surface area (Å²) >= 11 is 0. The molecule has 0 amide bonds. The highest BCUT2D eigenvalue weighted by Crippen LogP contribution is 2.21. The number of carbonyl (C=O) groups is 1. The first-order valence-corrected chi connectivity index (χ1v) is 5.69. The lowest BCUT2D eigenvalue weighted by Crippen LogP contribution is -2.20. The third-order valence-electron chi connectivity index (χ3n) is 2.97. The van der Waals surface area contributed by atoms with Crippen LogP contribution in [-0.2, 0) is 9.53 Å². The van der Waals surface area contributed by atoms with Crippen molar-refractivity contribution in [2.75, 3.05) is 26.2 Å². The Hall–Kier alpha value is -0.830. The summed E-state index contributed by atoms with van der Waals surface area (Å²) in [5.74, 6) is 1.29. The third-order valence-corrected chi connectivity index (χ3v) is 2.97. The van der Waals surface area contributed by atoms with Crippen molar-refractivity contribution in [1.29, 1.82) is 0 Å². The van der Waals surface area contributed by atoms with Crippen molar-refractivity contribution in [3.8, 4) is 0 Å². The summed E-state index contributed by atoms with van der Waals surface area (Å²) < 4.78 is 4.80. The summed E-state index contributed by atoms with van der Waals surface area (Å²) in [6.07, 6.45) is 3.42. The topological polar surface area (TPSA) is 29.5 Å². The molecular weight excluding hydrogens is 190 g/mol. The van der Waals surface area contributed by atoms with Gasteiger partial charge in [0.05, 0.1) is 6.61 Å². The second-order valence-corrected chi connectivity index (χ2v) is 4.33. The van der Waals surface area contributed by atoms with Crippen LogP contribution in [0.4, 0.5) is 0 Å². The molecular formula is C12H21NO2. The van der Waals surface area contributed by atoms with E-state index in [-0.39, 0.29) is 5.97 Å². The summed E-state index contributed by atoms with van der Waals surface area (Å²) in [5.41, 5.74) is 0. The van der Waals surface area contributed by atoms with Crippen molar-refractivity contribution < 1.29 is 9.53 Å². The van der Waals surface area contributed by atoms with Gasteiger partial charge >= 0.3 is 5.97 Å². The summed E-state index contributed by atoms with van der Waals surface area (Å²) in [4.78, 5) is 13.4. The van der Waals surface area contributed by atoms with Crippen molar-refractivity contribution in [2.45, 2.75) is 20.8 Å². The molecule has 2 atom stereocenters. The van der Waals surface area contributed by atoms with E-state index >= 15 is 0 Å². The molecule has 0 bridgehead atoms. The first-order valence-electron chi connectivity index (χ1n) is 5.69. The predicted octanol–water partition coefficient (Wildman–Crippen LogP) is 1.69. The second kappa shape index (κ2) is 5.91. The van der Waals surface area contributed by atoms with Crippen LogP contribution in [0.2, 0.25) is 0 Å². The maximum Gasteiger partial charge on any atom is 0.330 e. The van der Waals surface area contributed by atoms with Crippen LogP contribution >= 0.6 is 0 Å². The van der Waals surface area contributed by atoms with E-state index < -0.39 is 0 Å². The minimum Gasteiger partial charge on any atom is -0.463 e. The van der Waals surface area contributed by atoms with E-state index in [1.807, 2.05) is 13.0 Å². The molecule has 1 fully saturated rings. The zero-order valence-electron chi connectivity index (χ0n) is 9.90. The maximum atomic E-state index is 11.0. The minimum absolute atomic E-state index is 0.238. The van der Waals surface area contributed by atoms with Crippen LogP contribution in [0.25, 0.3) is 0 Å². The Morgan fingerprint density at radius 3 is 2.53 bits per heavy atom. The average molecular weight is 211 g/mol. The highest BCUT2D eigenvalue weighted by molar-refractivity contribution is 5.81. The average Bonchev–Trinajstić information content (AvgIpc) is 2.46. The van der Waals surface area contributed by atoms with Crippen molar-refractivity contribution in [3.63, 3.8) is 0 Å². The predicted molar refractivity (Wildman–Crippen MR) is 60.5 cm³/mol. The van der Waals surface area contributed by atoms with Gasteiger partial charge in [-0.1, -0.05) is 19.9 Å². The summed E-state index contributed by atoms with van der Waals surface area (Å²) in [7, 11) is 0. The van der Waals surface area contributed by atoms with Gasteiger partial charge in [0.2, 0.25) is 0 Å². The molecule has 1 saturated heterocycles. The van der Waals surface area contributed by atoms with E-state index in [2.05, 4.69) is 18.7 Å². The molecule has 1 heterocycles. The van der Waals surface area contributed by atoms with Crippen LogP contribution in [0.5, 0.6) is 0 Å². The lowest BCUT2D eigenvalue weighted by atomic mass is 10.0. The van der Waals surface area contributed by atoms with Crippen LogP contribution in [0.15, 0.2) is 12.2 Å². The molecule has 15 heavy (non-hydrogen) atoms. The molecule has 0 aromatic carbocycles. The maximum absolute atomic E-state index is 11.0. The fourth-order valence-electron chi connectivity index (χ4n) is 1.89. The minimum atomic E-state index is -0.238. The van der Waals surface area contributed by atoms with E-state index in [0.717, 1.165) is 31.5 Å². The van der Waals surface area contributed by atoms with Crippen LogP contribution in [0, 0.1) is 11.8 Å². The molecule has 3 heteroatoms. The van der Waals surface area contributed by atoms with E-state index in [1.54, 1.807) is 0 Å². The molecule has 0 saturated carbocycles. The number of likely N-dealkylation sites (tertiary alicyclic amines) is 1. The monoisotopic (exact) mass is 211 g/mol. The van der Waals surface area contributed by atoms with Gasteiger partial charge in [0.1, 0.15) is 0 Å². The molecule has 0 aromatic rings. The standard InChI is InChI=1S/C12H21NO2/c1-4-15-12(14)6-5-7-13-8-10(2)11(3)9-13/h5-6,10-11H,4,7-9H2,1-3H3/b6-5+. The van der Waals surface area contributed by atoms with E-state index in [1.165, 1.54) is 6.08 Å². The lowest BCUT2D eigenvalue weighted by molar-refractivity contribution is -0.137. The Labute approximate surface area is 92.1 Å². The third kappa shape index (κ3) is 4.04. The quantitative estimate of drug-likeness (QED) is 0.523. The number of hydrogen-bond acceptors (Lipinski definition) is 3. The Morgan fingerprint density at radius 2 is 2.00 bits per heavy atom. The molecule has 0 spiro atoms. The first kappa shape index (κ1) is 12.2. The fraction of sp³-hybridized carbons (Fsp3) is 0.750. The molecule has 0 radical (unpaired) electrons. The SMILES string of the molecule is CCOC(=O)/C=C/CN1CC(C)C(C)C1. The lowest BCUT2D eigenvalue weighted by Gasteiger charge is -2.11. The van der Waals surface area contributed by atoms with Gasteiger partial charge in [-0.2, -0.15) is 0 Å². The smallest absolute Gasteiger partial charge is 0.330 e. The summed E-state index contributed by atoms with van der Waals surface area (Å²) in [5, 5.41) is 0. The number of rotatable bonds is 4. The number of esters is 1. The van der Waals surface area contributed by atoms with Crippen molar-refractivity contribution in [1.82, 2.24) is 4.90 Å². The Kier molecular flexibility index (Phi) is 4.82. The van der Waals surface area contributed by atoms with Crippen LogP contribution < -0.4 is 0 Å². The number of ether oxygens (including phenoxy) is 1. The van der Waals surface area contributed by atoms with Crippen molar-refractivity contribution >= 4 is 5.97 Å². The Balaban J connectivity index is 2.23. The molecule has 0 aromatic heterocycles. The van der Waals surface area contributed by atoms with Crippen LogP contribution in [0.3, 0.4) is 0 Å². The number of nitrogens with zero attached hydrogens (tertiary/aromatic N) is 1.